The van der Waals surface area contributed by atoms with Crippen LogP contribution in [0.4, 0.5) is 0 Å². The molecule has 0 aromatic heterocycles. The van der Waals surface area contributed by atoms with E-state index in [1.165, 1.54) is 0 Å². The molecule has 1 aliphatic heterocycles. The molecule has 1 N–H and O–H groups in total. The molecule has 0 spiro atoms. The fourth-order valence-electron chi connectivity index (χ4n) is 1.71. The smallest absolute Gasteiger partial charge is 0.115 e. The van der Waals surface area contributed by atoms with E-state index in [1.54, 1.807) is 7.11 Å². The Morgan fingerprint density at radius 3 is 2.61 bits per heavy atom. The second-order valence-corrected chi connectivity index (χ2v) is 3.85. The summed E-state index contributed by atoms with van der Waals surface area (Å²) in [6.07, 6.45) is 9.38. The predicted octanol–water partition coefficient (Wildman–Crippen LogP) is 2.59. The molecule has 1 aromatic rings. The standard InChI is InChI=1S/C15H14NO.Y/c1-4-12-7-10-15(16-11(12)2)13-5-8-14(17-3)9-6-13;/h1,5-6,8-9,12,16H,2,7H2,3H3;/q-1;. The Morgan fingerprint density at radius 1 is 1.44 bits per heavy atom. The Labute approximate surface area is 133 Å². The summed E-state index contributed by atoms with van der Waals surface area (Å²) < 4.78 is 5.12. The largest absolute Gasteiger partial charge is 0.497 e. The summed E-state index contributed by atoms with van der Waals surface area (Å²) in [5.41, 5.74) is 2.85. The van der Waals surface area contributed by atoms with Gasteiger partial charge in [0.1, 0.15) is 5.75 Å². The molecule has 3 heteroatoms. The van der Waals surface area contributed by atoms with E-state index in [2.05, 4.69) is 23.9 Å². The molecule has 0 saturated heterocycles. The number of hydrogen-bond acceptors (Lipinski definition) is 2. The third-order valence-electron chi connectivity index (χ3n) is 2.77. The van der Waals surface area contributed by atoms with E-state index in [9.17, 15) is 0 Å². The van der Waals surface area contributed by atoms with Gasteiger partial charge >= 0.3 is 0 Å². The maximum absolute atomic E-state index is 5.40. The summed E-state index contributed by atoms with van der Waals surface area (Å²) >= 11 is 0. The molecule has 89 valence electrons. The van der Waals surface area contributed by atoms with E-state index in [4.69, 9.17) is 11.2 Å². The van der Waals surface area contributed by atoms with Crippen LogP contribution in [-0.4, -0.2) is 7.11 Å². The first kappa shape index (κ1) is 15.0. The van der Waals surface area contributed by atoms with E-state index in [0.717, 1.165) is 22.7 Å². The molecule has 1 radical (unpaired) electrons. The van der Waals surface area contributed by atoms with Crippen molar-refractivity contribution in [2.45, 2.75) is 6.42 Å². The van der Waals surface area contributed by atoms with Crippen LogP contribution in [0.5, 0.6) is 5.75 Å². The maximum atomic E-state index is 5.40. The minimum atomic E-state index is 0. The zero-order valence-electron chi connectivity index (χ0n) is 10.4. The van der Waals surface area contributed by atoms with Crippen molar-refractivity contribution in [3.05, 3.63) is 48.2 Å². The molecule has 2 rings (SSSR count). The number of hydrogen-bond donors (Lipinski definition) is 1. The van der Waals surface area contributed by atoms with Crippen LogP contribution >= 0.6 is 0 Å². The number of benzene rings is 1. The first-order valence-electron chi connectivity index (χ1n) is 5.42. The number of methoxy groups -OCH3 is 1. The molecular formula is C15H14NOY-. The maximum Gasteiger partial charge on any atom is 0.115 e. The van der Waals surface area contributed by atoms with E-state index >= 15 is 0 Å². The zero-order valence-corrected chi connectivity index (χ0v) is 13.2. The Bertz CT molecular complexity index is 496. The van der Waals surface area contributed by atoms with Crippen molar-refractivity contribution >= 4 is 5.70 Å². The van der Waals surface area contributed by atoms with Crippen LogP contribution in [0.15, 0.2) is 36.5 Å². The van der Waals surface area contributed by atoms with Gasteiger partial charge in [-0.25, -0.2) is 6.08 Å². The van der Waals surface area contributed by atoms with Crippen LogP contribution < -0.4 is 10.1 Å². The van der Waals surface area contributed by atoms with Crippen LogP contribution in [0.25, 0.3) is 5.70 Å². The second kappa shape index (κ2) is 6.78. The first-order chi connectivity index (χ1) is 8.24. The van der Waals surface area contributed by atoms with Crippen LogP contribution in [0.2, 0.25) is 0 Å². The van der Waals surface area contributed by atoms with Crippen molar-refractivity contribution in [2.75, 3.05) is 7.11 Å². The predicted molar refractivity (Wildman–Crippen MR) is 68.9 cm³/mol. The van der Waals surface area contributed by atoms with Crippen molar-refractivity contribution in [3.63, 3.8) is 0 Å². The van der Waals surface area contributed by atoms with Crippen LogP contribution in [0.3, 0.4) is 0 Å². The van der Waals surface area contributed by atoms with E-state index in [-0.39, 0.29) is 38.6 Å². The quantitative estimate of drug-likeness (QED) is 0.669. The van der Waals surface area contributed by atoms with Crippen molar-refractivity contribution in [2.24, 2.45) is 5.92 Å². The molecule has 0 aliphatic carbocycles. The Balaban J connectivity index is 0.00000162. The molecule has 0 fully saturated rings. The van der Waals surface area contributed by atoms with E-state index < -0.39 is 0 Å². The monoisotopic (exact) mass is 313 g/mol. The Morgan fingerprint density at radius 2 is 2.11 bits per heavy atom. The molecule has 1 atom stereocenters. The van der Waals surface area contributed by atoms with Crippen LogP contribution in [0.1, 0.15) is 12.0 Å². The average molecular weight is 313 g/mol. The van der Waals surface area contributed by atoms with Crippen LogP contribution in [-0.2, 0) is 32.7 Å². The van der Waals surface area contributed by atoms with Crippen molar-refractivity contribution in [1.29, 1.82) is 0 Å². The molecule has 1 unspecified atom stereocenters. The van der Waals surface area contributed by atoms with Gasteiger partial charge in [0.2, 0.25) is 0 Å². The molecular weight excluding hydrogens is 299 g/mol. The summed E-state index contributed by atoms with van der Waals surface area (Å²) in [5.74, 6) is 3.56. The Kier molecular flexibility index (Phi) is 5.66. The zero-order chi connectivity index (χ0) is 12.3. The fourth-order valence-corrected chi connectivity index (χ4v) is 1.71. The fraction of sp³-hybridized carbons (Fsp3) is 0.200. The third kappa shape index (κ3) is 3.25. The summed E-state index contributed by atoms with van der Waals surface area (Å²) in [5, 5.41) is 3.20. The van der Waals surface area contributed by atoms with E-state index in [1.807, 2.05) is 24.3 Å². The van der Waals surface area contributed by atoms with Crippen molar-refractivity contribution < 1.29 is 37.4 Å². The van der Waals surface area contributed by atoms with Gasteiger partial charge in [0.25, 0.3) is 0 Å². The minimum absolute atomic E-state index is 0. The molecule has 0 amide bonds. The summed E-state index contributed by atoms with van der Waals surface area (Å²) in [6.45, 7) is 3.94. The first-order valence-corrected chi connectivity index (χ1v) is 5.42. The topological polar surface area (TPSA) is 21.3 Å². The minimum Gasteiger partial charge on any atom is -0.497 e. The molecule has 1 aliphatic rings. The molecule has 0 bridgehead atoms. The third-order valence-corrected chi connectivity index (χ3v) is 2.77. The van der Waals surface area contributed by atoms with Gasteiger partial charge in [0.15, 0.2) is 0 Å². The number of terminal acetylenes is 1. The molecule has 1 heterocycles. The number of rotatable bonds is 2. The number of ether oxygens (including phenoxy) is 1. The normalized spacial score (nSPS) is 17.9. The second-order valence-electron chi connectivity index (χ2n) is 3.85. The van der Waals surface area contributed by atoms with Gasteiger partial charge in [-0.05, 0) is 12.1 Å². The average Bonchev–Trinajstić information content (AvgIpc) is 2.39. The number of allylic oxidation sites excluding steroid dienone is 2. The summed E-state index contributed by atoms with van der Waals surface area (Å²) in [7, 11) is 1.65. The van der Waals surface area contributed by atoms with Crippen LogP contribution in [0, 0.1) is 24.3 Å². The van der Waals surface area contributed by atoms with Gasteiger partial charge in [0.05, 0.1) is 7.11 Å². The van der Waals surface area contributed by atoms with Gasteiger partial charge in [-0.2, -0.15) is 5.56 Å². The SMILES string of the molecule is C#CC1C[C-]=C(c2ccc(OC)cc2)NC1=C.[Y]. The van der Waals surface area contributed by atoms with Gasteiger partial charge in [-0.1, -0.05) is 18.9 Å². The van der Waals surface area contributed by atoms with Gasteiger partial charge in [-0.15, -0.1) is 24.3 Å². The molecule has 18 heavy (non-hydrogen) atoms. The van der Waals surface area contributed by atoms with Gasteiger partial charge in [-0.3, -0.25) is 0 Å². The van der Waals surface area contributed by atoms with Crippen molar-refractivity contribution in [1.82, 2.24) is 5.32 Å². The van der Waals surface area contributed by atoms with Gasteiger partial charge in [0, 0.05) is 44.3 Å². The van der Waals surface area contributed by atoms with Crippen molar-refractivity contribution in [3.8, 4) is 18.1 Å². The summed E-state index contributed by atoms with van der Waals surface area (Å²) in [6, 6.07) is 7.80. The number of nitrogens with one attached hydrogen (secondary N) is 1. The van der Waals surface area contributed by atoms with Gasteiger partial charge < -0.3 is 10.1 Å². The molecule has 1 aromatic carbocycles. The molecule has 2 nitrogen and oxygen atoms in total. The Hall–Kier alpha value is -1.04. The van der Waals surface area contributed by atoms with E-state index in [0.29, 0.717) is 6.42 Å². The molecule has 0 saturated carbocycles. The summed E-state index contributed by atoms with van der Waals surface area (Å²) in [4.78, 5) is 0.